The Labute approximate surface area is 107 Å². The lowest BCUT2D eigenvalue weighted by molar-refractivity contribution is -0.0848. The summed E-state index contributed by atoms with van der Waals surface area (Å²) in [7, 11) is 0. The minimum absolute atomic E-state index is 0.422. The van der Waals surface area contributed by atoms with Gasteiger partial charge in [0.25, 0.3) is 0 Å². The standard InChI is InChI=1S/C15H30O2/c1-5-11-17-12-15(16)9-7-13(8-10-15)14(3,4)6-2/h13,16H,5-12H2,1-4H3. The summed E-state index contributed by atoms with van der Waals surface area (Å²) >= 11 is 0. The zero-order chi connectivity index (χ0) is 12.9. The van der Waals surface area contributed by atoms with E-state index in [1.54, 1.807) is 0 Å². The Morgan fingerprint density at radius 2 is 1.82 bits per heavy atom. The van der Waals surface area contributed by atoms with E-state index in [0.29, 0.717) is 12.0 Å². The summed E-state index contributed by atoms with van der Waals surface area (Å²) in [4.78, 5) is 0. The fourth-order valence-electron chi connectivity index (χ4n) is 2.78. The van der Waals surface area contributed by atoms with Gasteiger partial charge in [-0.3, -0.25) is 0 Å². The molecule has 0 saturated heterocycles. The summed E-state index contributed by atoms with van der Waals surface area (Å²) in [5.41, 5.74) is -0.124. The molecule has 1 aliphatic rings. The van der Waals surface area contributed by atoms with Gasteiger partial charge in [-0.2, -0.15) is 0 Å². The number of hydrogen-bond donors (Lipinski definition) is 1. The Hall–Kier alpha value is -0.0800. The molecular weight excluding hydrogens is 212 g/mol. The molecule has 0 amide bonds. The van der Waals surface area contributed by atoms with Gasteiger partial charge in [0, 0.05) is 6.61 Å². The van der Waals surface area contributed by atoms with E-state index >= 15 is 0 Å². The van der Waals surface area contributed by atoms with Gasteiger partial charge >= 0.3 is 0 Å². The molecule has 0 heterocycles. The highest BCUT2D eigenvalue weighted by atomic mass is 16.5. The number of aliphatic hydroxyl groups is 1. The molecular formula is C15H30O2. The van der Waals surface area contributed by atoms with Crippen LogP contribution in [0.2, 0.25) is 0 Å². The largest absolute Gasteiger partial charge is 0.387 e. The molecule has 2 nitrogen and oxygen atoms in total. The predicted molar refractivity (Wildman–Crippen MR) is 72.1 cm³/mol. The zero-order valence-electron chi connectivity index (χ0n) is 12.1. The van der Waals surface area contributed by atoms with Gasteiger partial charge in [0.1, 0.15) is 0 Å². The van der Waals surface area contributed by atoms with Crippen molar-refractivity contribution in [3.8, 4) is 0 Å². The van der Waals surface area contributed by atoms with Crippen molar-refractivity contribution >= 4 is 0 Å². The highest BCUT2D eigenvalue weighted by molar-refractivity contribution is 4.90. The molecule has 0 aliphatic heterocycles. The molecule has 0 aromatic rings. The van der Waals surface area contributed by atoms with E-state index in [1.807, 2.05) is 0 Å². The molecule has 1 fully saturated rings. The number of ether oxygens (including phenoxy) is 1. The summed E-state index contributed by atoms with van der Waals surface area (Å²) in [6, 6.07) is 0. The highest BCUT2D eigenvalue weighted by Gasteiger charge is 2.38. The maximum Gasteiger partial charge on any atom is 0.0880 e. The maximum atomic E-state index is 10.4. The third kappa shape index (κ3) is 4.26. The molecule has 0 unspecified atom stereocenters. The van der Waals surface area contributed by atoms with E-state index in [-0.39, 0.29) is 0 Å². The molecule has 0 spiro atoms. The van der Waals surface area contributed by atoms with Gasteiger partial charge < -0.3 is 9.84 Å². The summed E-state index contributed by atoms with van der Waals surface area (Å²) < 4.78 is 5.52. The summed E-state index contributed by atoms with van der Waals surface area (Å²) in [6.45, 7) is 10.4. The Kier molecular flexibility index (Phi) is 5.46. The average molecular weight is 242 g/mol. The molecule has 1 saturated carbocycles. The van der Waals surface area contributed by atoms with E-state index in [2.05, 4.69) is 27.7 Å². The normalized spacial score (nSPS) is 30.5. The van der Waals surface area contributed by atoms with Gasteiger partial charge in [0.15, 0.2) is 0 Å². The first-order chi connectivity index (χ1) is 7.93. The smallest absolute Gasteiger partial charge is 0.0880 e. The highest BCUT2D eigenvalue weighted by Crippen LogP contribution is 2.43. The molecule has 0 atom stereocenters. The summed E-state index contributed by atoms with van der Waals surface area (Å²) in [6.07, 6.45) is 6.36. The van der Waals surface area contributed by atoms with Crippen molar-refractivity contribution in [3.05, 3.63) is 0 Å². The van der Waals surface area contributed by atoms with Crippen LogP contribution >= 0.6 is 0 Å². The summed E-state index contributed by atoms with van der Waals surface area (Å²) in [5, 5.41) is 10.4. The van der Waals surface area contributed by atoms with E-state index in [0.717, 1.165) is 44.6 Å². The quantitative estimate of drug-likeness (QED) is 0.718. The van der Waals surface area contributed by atoms with Crippen molar-refractivity contribution in [2.45, 2.75) is 71.8 Å². The maximum absolute atomic E-state index is 10.4. The van der Waals surface area contributed by atoms with Gasteiger partial charge in [-0.15, -0.1) is 0 Å². The van der Waals surface area contributed by atoms with Crippen LogP contribution in [-0.4, -0.2) is 23.9 Å². The van der Waals surface area contributed by atoms with Crippen LogP contribution in [0.3, 0.4) is 0 Å². The van der Waals surface area contributed by atoms with Gasteiger partial charge in [-0.25, -0.2) is 0 Å². The Bertz CT molecular complexity index is 215. The fraction of sp³-hybridized carbons (Fsp3) is 1.00. The summed E-state index contributed by atoms with van der Waals surface area (Å²) in [5.74, 6) is 0.763. The van der Waals surface area contributed by atoms with Crippen LogP contribution in [-0.2, 0) is 4.74 Å². The van der Waals surface area contributed by atoms with Crippen molar-refractivity contribution in [1.82, 2.24) is 0 Å². The van der Waals surface area contributed by atoms with Crippen LogP contribution in [0.15, 0.2) is 0 Å². The van der Waals surface area contributed by atoms with E-state index in [9.17, 15) is 5.11 Å². The molecule has 0 radical (unpaired) electrons. The molecule has 1 rings (SSSR count). The second-order valence-electron chi connectivity index (χ2n) is 6.39. The van der Waals surface area contributed by atoms with Crippen LogP contribution in [0.1, 0.15) is 66.2 Å². The van der Waals surface area contributed by atoms with Crippen LogP contribution < -0.4 is 0 Å². The lowest BCUT2D eigenvalue weighted by Crippen LogP contribution is -2.41. The van der Waals surface area contributed by atoms with Crippen LogP contribution in [0, 0.1) is 11.3 Å². The lowest BCUT2D eigenvalue weighted by Gasteiger charge is -2.42. The third-order valence-electron chi connectivity index (χ3n) is 4.65. The molecule has 102 valence electrons. The first-order valence-electron chi connectivity index (χ1n) is 7.23. The van der Waals surface area contributed by atoms with Crippen LogP contribution in [0.25, 0.3) is 0 Å². The Balaban J connectivity index is 2.38. The minimum Gasteiger partial charge on any atom is -0.387 e. The fourth-order valence-corrected chi connectivity index (χ4v) is 2.78. The molecule has 0 aromatic heterocycles. The molecule has 1 N–H and O–H groups in total. The minimum atomic E-state index is -0.546. The molecule has 0 bridgehead atoms. The van der Waals surface area contributed by atoms with Gasteiger partial charge in [0.05, 0.1) is 12.2 Å². The van der Waals surface area contributed by atoms with Gasteiger partial charge in [-0.05, 0) is 43.4 Å². The SMILES string of the molecule is CCCOCC1(O)CCC(C(C)(C)CC)CC1. The van der Waals surface area contributed by atoms with E-state index in [4.69, 9.17) is 4.74 Å². The molecule has 1 aliphatic carbocycles. The first kappa shape index (κ1) is 15.0. The Morgan fingerprint density at radius 1 is 1.24 bits per heavy atom. The van der Waals surface area contributed by atoms with Crippen molar-refractivity contribution < 1.29 is 9.84 Å². The van der Waals surface area contributed by atoms with E-state index < -0.39 is 5.60 Å². The second-order valence-corrected chi connectivity index (χ2v) is 6.39. The first-order valence-corrected chi connectivity index (χ1v) is 7.23. The molecule has 2 heteroatoms. The van der Waals surface area contributed by atoms with Crippen molar-refractivity contribution in [2.24, 2.45) is 11.3 Å². The van der Waals surface area contributed by atoms with Crippen LogP contribution in [0.4, 0.5) is 0 Å². The second kappa shape index (κ2) is 6.19. The predicted octanol–water partition coefficient (Wildman–Crippen LogP) is 3.77. The van der Waals surface area contributed by atoms with Crippen molar-refractivity contribution in [1.29, 1.82) is 0 Å². The molecule has 17 heavy (non-hydrogen) atoms. The van der Waals surface area contributed by atoms with Gasteiger partial charge in [0.2, 0.25) is 0 Å². The van der Waals surface area contributed by atoms with Crippen molar-refractivity contribution in [2.75, 3.05) is 13.2 Å². The lowest BCUT2D eigenvalue weighted by atomic mass is 9.66. The molecule has 0 aromatic carbocycles. The average Bonchev–Trinajstić information content (AvgIpc) is 2.30. The van der Waals surface area contributed by atoms with Crippen LogP contribution in [0.5, 0.6) is 0 Å². The van der Waals surface area contributed by atoms with Gasteiger partial charge in [-0.1, -0.05) is 34.1 Å². The monoisotopic (exact) mass is 242 g/mol. The van der Waals surface area contributed by atoms with E-state index in [1.165, 1.54) is 6.42 Å². The number of rotatable bonds is 6. The third-order valence-corrected chi connectivity index (χ3v) is 4.65. The topological polar surface area (TPSA) is 29.5 Å². The number of hydrogen-bond acceptors (Lipinski definition) is 2. The zero-order valence-corrected chi connectivity index (χ0v) is 12.1. The van der Waals surface area contributed by atoms with Crippen molar-refractivity contribution in [3.63, 3.8) is 0 Å². The Morgan fingerprint density at radius 3 is 2.29 bits per heavy atom.